The molecule has 0 amide bonds. The van der Waals surface area contributed by atoms with Gasteiger partial charge in [-0.15, -0.1) is 0 Å². The van der Waals surface area contributed by atoms with Gasteiger partial charge in [0.25, 0.3) is 0 Å². The Morgan fingerprint density at radius 1 is 1.33 bits per heavy atom. The molecule has 2 heteroatoms. The highest BCUT2D eigenvalue weighted by atomic mass is 16.3. The third-order valence-electron chi connectivity index (χ3n) is 3.38. The molecule has 0 radical (unpaired) electrons. The average Bonchev–Trinajstić information content (AvgIpc) is 2.24. The van der Waals surface area contributed by atoms with Crippen LogP contribution in [0.2, 0.25) is 0 Å². The molecule has 0 aliphatic carbocycles. The molecule has 2 nitrogen and oxygen atoms in total. The summed E-state index contributed by atoms with van der Waals surface area (Å²) in [6.07, 6.45) is 1.04. The second-order valence-corrected chi connectivity index (χ2v) is 4.31. The lowest BCUT2D eigenvalue weighted by molar-refractivity contribution is 0.0513. The van der Waals surface area contributed by atoms with E-state index in [4.69, 9.17) is 0 Å². The van der Waals surface area contributed by atoms with Crippen molar-refractivity contribution in [3.05, 3.63) is 35.9 Å². The highest BCUT2D eigenvalue weighted by molar-refractivity contribution is 5.22. The summed E-state index contributed by atoms with van der Waals surface area (Å²) in [6.45, 7) is 4.63. The van der Waals surface area contributed by atoms with Crippen molar-refractivity contribution in [2.75, 3.05) is 19.7 Å². The Labute approximate surface area is 91.5 Å². The average molecular weight is 205 g/mol. The maximum atomic E-state index is 9.18. The van der Waals surface area contributed by atoms with Crippen molar-refractivity contribution in [1.29, 1.82) is 0 Å². The van der Waals surface area contributed by atoms with Gasteiger partial charge in [0.1, 0.15) is 0 Å². The minimum atomic E-state index is 0.290. The molecule has 1 aliphatic rings. The summed E-state index contributed by atoms with van der Waals surface area (Å²) in [4.78, 5) is 2.37. The van der Waals surface area contributed by atoms with Crippen LogP contribution >= 0.6 is 0 Å². The van der Waals surface area contributed by atoms with Crippen molar-refractivity contribution in [2.24, 2.45) is 0 Å². The minimum absolute atomic E-state index is 0.290. The number of nitrogens with zero attached hydrogens (tertiary/aromatic N) is 1. The van der Waals surface area contributed by atoms with E-state index in [0.29, 0.717) is 12.0 Å². The summed E-state index contributed by atoms with van der Waals surface area (Å²) in [6, 6.07) is 11.0. The largest absolute Gasteiger partial charge is 0.395 e. The molecule has 1 aromatic rings. The molecule has 2 rings (SSSR count). The van der Waals surface area contributed by atoms with Crippen LogP contribution in [0.1, 0.15) is 24.8 Å². The van der Waals surface area contributed by atoms with E-state index in [1.165, 1.54) is 5.56 Å². The van der Waals surface area contributed by atoms with Crippen molar-refractivity contribution < 1.29 is 5.11 Å². The topological polar surface area (TPSA) is 23.5 Å². The number of hydrogen-bond donors (Lipinski definition) is 1. The van der Waals surface area contributed by atoms with Crippen LogP contribution in [0.5, 0.6) is 0 Å². The normalized spacial score (nSPS) is 19.9. The Morgan fingerprint density at radius 3 is 2.53 bits per heavy atom. The number of aliphatic hydroxyl groups excluding tert-OH is 1. The van der Waals surface area contributed by atoms with Crippen molar-refractivity contribution >= 4 is 0 Å². The first-order valence-electron chi connectivity index (χ1n) is 5.75. The zero-order chi connectivity index (χ0) is 10.7. The van der Waals surface area contributed by atoms with E-state index >= 15 is 0 Å². The highest BCUT2D eigenvalue weighted by Crippen LogP contribution is 2.28. The molecule has 0 saturated carbocycles. The first-order valence-corrected chi connectivity index (χ1v) is 5.75. The van der Waals surface area contributed by atoms with Crippen molar-refractivity contribution in [2.45, 2.75) is 25.3 Å². The van der Waals surface area contributed by atoms with E-state index in [1.54, 1.807) is 0 Å². The standard InChI is InChI=1S/C13H19NO/c1-2-13(10-15)14-8-12(9-14)11-6-4-3-5-7-11/h3-7,12-13,15H,2,8-10H2,1H3. The number of rotatable bonds is 4. The Bertz CT molecular complexity index is 289. The smallest absolute Gasteiger partial charge is 0.0586 e. The zero-order valence-corrected chi connectivity index (χ0v) is 9.26. The van der Waals surface area contributed by atoms with Gasteiger partial charge in [-0.3, -0.25) is 4.90 Å². The van der Waals surface area contributed by atoms with Gasteiger partial charge in [0.05, 0.1) is 6.61 Å². The van der Waals surface area contributed by atoms with Gasteiger partial charge in [0.15, 0.2) is 0 Å². The van der Waals surface area contributed by atoms with Gasteiger partial charge in [-0.2, -0.15) is 0 Å². The van der Waals surface area contributed by atoms with Crippen molar-refractivity contribution in [3.8, 4) is 0 Å². The summed E-state index contributed by atoms with van der Waals surface area (Å²) in [5.74, 6) is 0.673. The molecule has 0 spiro atoms. The lowest BCUT2D eigenvalue weighted by atomic mass is 9.90. The molecule has 0 bridgehead atoms. The first kappa shape index (κ1) is 10.7. The van der Waals surface area contributed by atoms with Crippen LogP contribution < -0.4 is 0 Å². The number of aliphatic hydroxyl groups is 1. The molecule has 1 atom stereocenters. The lowest BCUT2D eigenvalue weighted by Gasteiger charge is -2.44. The summed E-state index contributed by atoms with van der Waals surface area (Å²) in [7, 11) is 0. The maximum Gasteiger partial charge on any atom is 0.0586 e. The number of hydrogen-bond acceptors (Lipinski definition) is 2. The van der Waals surface area contributed by atoms with Gasteiger partial charge in [0.2, 0.25) is 0 Å². The van der Waals surface area contributed by atoms with Crippen LogP contribution in [-0.4, -0.2) is 35.7 Å². The second-order valence-electron chi connectivity index (χ2n) is 4.31. The fourth-order valence-corrected chi connectivity index (χ4v) is 2.25. The molecule has 1 unspecified atom stereocenters. The van der Waals surface area contributed by atoms with Crippen molar-refractivity contribution in [1.82, 2.24) is 4.90 Å². The van der Waals surface area contributed by atoms with Crippen molar-refractivity contribution in [3.63, 3.8) is 0 Å². The van der Waals surface area contributed by atoms with E-state index in [1.807, 2.05) is 0 Å². The van der Waals surface area contributed by atoms with Gasteiger partial charge in [0, 0.05) is 25.0 Å². The zero-order valence-electron chi connectivity index (χ0n) is 9.26. The van der Waals surface area contributed by atoms with Gasteiger partial charge < -0.3 is 5.11 Å². The molecule has 1 fully saturated rings. The predicted octanol–water partition coefficient (Wildman–Crippen LogP) is 1.86. The predicted molar refractivity (Wildman–Crippen MR) is 61.9 cm³/mol. The van der Waals surface area contributed by atoms with Crippen LogP contribution in [0.4, 0.5) is 0 Å². The molecule has 1 heterocycles. The quantitative estimate of drug-likeness (QED) is 0.811. The first-order chi connectivity index (χ1) is 7.35. The summed E-state index contributed by atoms with van der Waals surface area (Å²) < 4.78 is 0. The number of likely N-dealkylation sites (tertiary alicyclic amines) is 1. The molecule has 1 N–H and O–H groups in total. The molecule has 15 heavy (non-hydrogen) atoms. The summed E-state index contributed by atoms with van der Waals surface area (Å²) in [5.41, 5.74) is 1.43. The van der Waals surface area contributed by atoms with Crippen LogP contribution in [0, 0.1) is 0 Å². The van der Waals surface area contributed by atoms with Crippen LogP contribution in [0.3, 0.4) is 0 Å². The Hall–Kier alpha value is -0.860. The van der Waals surface area contributed by atoms with E-state index in [0.717, 1.165) is 19.5 Å². The van der Waals surface area contributed by atoms with E-state index in [-0.39, 0.29) is 6.61 Å². The fourth-order valence-electron chi connectivity index (χ4n) is 2.25. The summed E-state index contributed by atoms with van der Waals surface area (Å²) in [5, 5.41) is 9.18. The van der Waals surface area contributed by atoms with Crippen LogP contribution in [-0.2, 0) is 0 Å². The van der Waals surface area contributed by atoms with Gasteiger partial charge in [-0.25, -0.2) is 0 Å². The van der Waals surface area contributed by atoms with E-state index in [9.17, 15) is 5.11 Å². The number of benzene rings is 1. The molecular formula is C13H19NO. The molecule has 1 aliphatic heterocycles. The van der Waals surface area contributed by atoms with Gasteiger partial charge >= 0.3 is 0 Å². The minimum Gasteiger partial charge on any atom is -0.395 e. The molecular weight excluding hydrogens is 186 g/mol. The second kappa shape index (κ2) is 4.77. The van der Waals surface area contributed by atoms with E-state index < -0.39 is 0 Å². The van der Waals surface area contributed by atoms with Crippen LogP contribution in [0.15, 0.2) is 30.3 Å². The van der Waals surface area contributed by atoms with E-state index in [2.05, 4.69) is 42.2 Å². The monoisotopic (exact) mass is 205 g/mol. The maximum absolute atomic E-state index is 9.18. The third kappa shape index (κ3) is 2.21. The summed E-state index contributed by atoms with van der Waals surface area (Å²) >= 11 is 0. The molecule has 82 valence electrons. The van der Waals surface area contributed by atoms with Gasteiger partial charge in [-0.05, 0) is 12.0 Å². The molecule has 1 saturated heterocycles. The highest BCUT2D eigenvalue weighted by Gasteiger charge is 2.31. The van der Waals surface area contributed by atoms with Gasteiger partial charge in [-0.1, -0.05) is 37.3 Å². The molecule has 1 aromatic carbocycles. The Morgan fingerprint density at radius 2 is 2.00 bits per heavy atom. The molecule has 0 aromatic heterocycles. The third-order valence-corrected chi connectivity index (χ3v) is 3.38. The fraction of sp³-hybridized carbons (Fsp3) is 0.538. The lowest BCUT2D eigenvalue weighted by Crippen LogP contribution is -2.51. The Balaban J connectivity index is 1.88. The van der Waals surface area contributed by atoms with Crippen LogP contribution in [0.25, 0.3) is 0 Å². The Kier molecular flexibility index (Phi) is 3.39. The SMILES string of the molecule is CCC(CO)N1CC(c2ccccc2)C1.